The molecular formula is C29H43N3O4. The third-order valence-corrected chi connectivity index (χ3v) is 11.3. The number of aliphatic hydroxyl groups excluding tert-OH is 1. The highest BCUT2D eigenvalue weighted by Gasteiger charge is 2.58. The van der Waals surface area contributed by atoms with Crippen LogP contribution in [-0.4, -0.2) is 66.9 Å². The number of carbonyl (C=O) groups is 2. The first-order valence-electron chi connectivity index (χ1n) is 14.3. The third kappa shape index (κ3) is 3.92. The quantitative estimate of drug-likeness (QED) is 0.411. The molecule has 4 fully saturated rings. The third-order valence-electron chi connectivity index (χ3n) is 11.3. The number of aliphatic hydroxyl groups is 1. The molecule has 36 heavy (non-hydrogen) atoms. The molecule has 6 aliphatic rings. The summed E-state index contributed by atoms with van der Waals surface area (Å²) in [5.74, 6) is 2.30. The first kappa shape index (κ1) is 24.5. The van der Waals surface area contributed by atoms with E-state index < -0.39 is 0 Å². The maximum Gasteiger partial charge on any atom is 0.331 e. The van der Waals surface area contributed by atoms with Gasteiger partial charge in [0.1, 0.15) is 6.61 Å². The Labute approximate surface area is 215 Å². The fourth-order valence-electron chi connectivity index (χ4n) is 9.27. The summed E-state index contributed by atoms with van der Waals surface area (Å²) in [6, 6.07) is 0.274. The van der Waals surface area contributed by atoms with Crippen LogP contribution in [0, 0.1) is 34.5 Å². The lowest BCUT2D eigenvalue weighted by atomic mass is 9.45. The molecule has 3 N–H and O–H groups in total. The van der Waals surface area contributed by atoms with Crippen LogP contribution >= 0.6 is 0 Å². The molecule has 2 heterocycles. The van der Waals surface area contributed by atoms with Crippen molar-refractivity contribution in [2.75, 3.05) is 32.8 Å². The van der Waals surface area contributed by atoms with E-state index in [0.29, 0.717) is 42.9 Å². The van der Waals surface area contributed by atoms with Crippen LogP contribution in [0.4, 0.5) is 4.79 Å². The summed E-state index contributed by atoms with van der Waals surface area (Å²) >= 11 is 0. The van der Waals surface area contributed by atoms with Gasteiger partial charge in [-0.2, -0.15) is 0 Å². The van der Waals surface area contributed by atoms with E-state index in [4.69, 9.17) is 4.74 Å². The van der Waals surface area contributed by atoms with Gasteiger partial charge in [0.25, 0.3) is 0 Å². The monoisotopic (exact) mass is 497 g/mol. The molecule has 4 aliphatic carbocycles. The Morgan fingerprint density at radius 1 is 1.25 bits per heavy atom. The minimum atomic E-state index is -0.169. The lowest BCUT2D eigenvalue weighted by Gasteiger charge is -2.60. The van der Waals surface area contributed by atoms with Crippen LogP contribution in [0.5, 0.6) is 0 Å². The number of hydrogen-bond donors (Lipinski definition) is 3. The number of rotatable bonds is 3. The Morgan fingerprint density at radius 3 is 2.89 bits per heavy atom. The Hall–Kier alpha value is -1.86. The topological polar surface area (TPSA) is 90.9 Å². The second-order valence-electron chi connectivity index (χ2n) is 12.9. The number of ether oxygens (including phenoxy) is 1. The molecule has 0 aromatic rings. The summed E-state index contributed by atoms with van der Waals surface area (Å²) in [5, 5.41) is 16.1. The summed E-state index contributed by atoms with van der Waals surface area (Å²) in [6.07, 6.45) is 13.6. The number of nitrogens with zero attached hydrogens (tertiary/aromatic N) is 1. The van der Waals surface area contributed by atoms with Gasteiger partial charge in [-0.3, -0.25) is 0 Å². The maximum absolute atomic E-state index is 13.0. The highest BCUT2D eigenvalue weighted by Crippen LogP contribution is 2.66. The van der Waals surface area contributed by atoms with Crippen LogP contribution in [0.25, 0.3) is 0 Å². The second kappa shape index (κ2) is 9.16. The molecule has 3 saturated carbocycles. The number of urea groups is 1. The standard InChI is InChI=1S/C29H43N3O4/c1-28-9-7-20(31-27(35)32-12-11-30-21(15-32)16-33)14-19(28)3-4-22-24-6-5-23(18-13-26(34)36-17-18)29(24,2)10-8-25(22)28/h6,13,19-23,25,30,33H,3-5,7-12,14-17H2,1-2H3,(H,31,35)/t19-,20+,21-,22+,23-,25+,28+,29-/m1/s1. The molecule has 0 bridgehead atoms. The summed E-state index contributed by atoms with van der Waals surface area (Å²) < 4.78 is 5.28. The fraction of sp³-hybridized carbons (Fsp3) is 0.793. The van der Waals surface area contributed by atoms with Gasteiger partial charge in [-0.1, -0.05) is 25.5 Å². The van der Waals surface area contributed by atoms with Gasteiger partial charge in [-0.15, -0.1) is 0 Å². The number of piperazine rings is 1. The van der Waals surface area contributed by atoms with Crippen LogP contribution in [0.15, 0.2) is 23.3 Å². The molecule has 6 rings (SSSR count). The van der Waals surface area contributed by atoms with Gasteiger partial charge in [0.05, 0.1) is 6.61 Å². The SMILES string of the molecule is C[C@]12CC[C@H](NC(=O)N3CCN[C@@H](CO)C3)C[C@H]1CC[C@H]1C3=CC[C@H](C4=CC(=O)OC4)[C@@]3(C)CC[C@@H]12. The summed E-state index contributed by atoms with van der Waals surface area (Å²) in [4.78, 5) is 26.6. The average molecular weight is 498 g/mol. The van der Waals surface area contributed by atoms with Crippen LogP contribution in [-0.2, 0) is 9.53 Å². The van der Waals surface area contributed by atoms with Gasteiger partial charge in [0.15, 0.2) is 0 Å². The van der Waals surface area contributed by atoms with E-state index in [9.17, 15) is 14.7 Å². The molecule has 0 radical (unpaired) electrons. The van der Waals surface area contributed by atoms with Gasteiger partial charge in [0.2, 0.25) is 0 Å². The van der Waals surface area contributed by atoms with E-state index >= 15 is 0 Å². The number of fused-ring (bicyclic) bond motifs is 5. The minimum absolute atomic E-state index is 0.0196. The summed E-state index contributed by atoms with van der Waals surface area (Å²) in [5.41, 5.74) is 3.40. The molecule has 198 valence electrons. The summed E-state index contributed by atoms with van der Waals surface area (Å²) in [6.45, 7) is 7.57. The van der Waals surface area contributed by atoms with Crippen molar-refractivity contribution in [3.63, 3.8) is 0 Å². The zero-order valence-electron chi connectivity index (χ0n) is 21.9. The molecule has 0 aromatic carbocycles. The largest absolute Gasteiger partial charge is 0.458 e. The molecule has 8 atom stereocenters. The van der Waals surface area contributed by atoms with Crippen LogP contribution in [0.2, 0.25) is 0 Å². The smallest absolute Gasteiger partial charge is 0.331 e. The Bertz CT molecular complexity index is 978. The first-order chi connectivity index (χ1) is 17.3. The molecule has 2 aliphatic heterocycles. The molecular weight excluding hydrogens is 454 g/mol. The predicted molar refractivity (Wildman–Crippen MR) is 137 cm³/mol. The number of carbonyl (C=O) groups excluding carboxylic acids is 2. The van der Waals surface area contributed by atoms with E-state index in [-0.39, 0.29) is 36.1 Å². The van der Waals surface area contributed by atoms with Crippen molar-refractivity contribution in [1.82, 2.24) is 15.5 Å². The lowest BCUT2D eigenvalue weighted by Crippen LogP contribution is -2.58. The van der Waals surface area contributed by atoms with Crippen molar-refractivity contribution in [3.05, 3.63) is 23.3 Å². The molecule has 2 amide bonds. The van der Waals surface area contributed by atoms with E-state index in [2.05, 4.69) is 30.6 Å². The van der Waals surface area contributed by atoms with Crippen molar-refractivity contribution >= 4 is 12.0 Å². The minimum Gasteiger partial charge on any atom is -0.458 e. The number of nitrogens with one attached hydrogen (secondary N) is 2. The van der Waals surface area contributed by atoms with Crippen molar-refractivity contribution in [2.24, 2.45) is 34.5 Å². The number of amides is 2. The zero-order chi connectivity index (χ0) is 25.1. The molecule has 7 heteroatoms. The average Bonchev–Trinajstić information content (AvgIpc) is 3.46. The maximum atomic E-state index is 13.0. The normalized spacial score (nSPS) is 44.1. The zero-order valence-corrected chi connectivity index (χ0v) is 21.9. The van der Waals surface area contributed by atoms with Crippen molar-refractivity contribution in [3.8, 4) is 0 Å². The van der Waals surface area contributed by atoms with E-state index in [0.717, 1.165) is 31.7 Å². The van der Waals surface area contributed by atoms with Gasteiger partial charge >= 0.3 is 12.0 Å². The van der Waals surface area contributed by atoms with Crippen molar-refractivity contribution in [2.45, 2.75) is 77.3 Å². The molecule has 0 spiro atoms. The van der Waals surface area contributed by atoms with Gasteiger partial charge in [0, 0.05) is 37.8 Å². The molecule has 7 nitrogen and oxygen atoms in total. The number of cyclic esters (lactones) is 1. The highest BCUT2D eigenvalue weighted by atomic mass is 16.5. The highest BCUT2D eigenvalue weighted by molar-refractivity contribution is 5.85. The number of allylic oxidation sites excluding steroid dienone is 2. The van der Waals surface area contributed by atoms with Gasteiger partial charge in [-0.25, -0.2) is 9.59 Å². The van der Waals surface area contributed by atoms with E-state index in [1.54, 1.807) is 11.6 Å². The molecule has 0 unspecified atom stereocenters. The van der Waals surface area contributed by atoms with E-state index in [1.807, 2.05) is 4.90 Å². The Morgan fingerprint density at radius 2 is 2.11 bits per heavy atom. The molecule has 0 aromatic heterocycles. The predicted octanol–water partition coefficient (Wildman–Crippen LogP) is 3.39. The Balaban J connectivity index is 1.11. The number of hydrogen-bond acceptors (Lipinski definition) is 5. The van der Waals surface area contributed by atoms with Crippen molar-refractivity contribution < 1.29 is 19.4 Å². The Kier molecular flexibility index (Phi) is 6.23. The molecule has 1 saturated heterocycles. The lowest BCUT2D eigenvalue weighted by molar-refractivity contribution is -0.135. The van der Waals surface area contributed by atoms with E-state index in [1.165, 1.54) is 37.7 Å². The van der Waals surface area contributed by atoms with Gasteiger partial charge < -0.3 is 25.4 Å². The fourth-order valence-corrected chi connectivity index (χ4v) is 9.27. The van der Waals surface area contributed by atoms with Crippen LogP contribution in [0.3, 0.4) is 0 Å². The van der Waals surface area contributed by atoms with Crippen LogP contribution < -0.4 is 10.6 Å². The number of esters is 1. The van der Waals surface area contributed by atoms with Crippen molar-refractivity contribution in [1.29, 1.82) is 0 Å². The van der Waals surface area contributed by atoms with Crippen LogP contribution in [0.1, 0.15) is 65.2 Å². The second-order valence-corrected chi connectivity index (χ2v) is 12.9. The first-order valence-corrected chi connectivity index (χ1v) is 14.3. The summed E-state index contributed by atoms with van der Waals surface area (Å²) in [7, 11) is 0. The van der Waals surface area contributed by atoms with Gasteiger partial charge in [-0.05, 0) is 91.4 Å².